The highest BCUT2D eigenvalue weighted by molar-refractivity contribution is 5.82. The first-order chi connectivity index (χ1) is 7.02. The fourth-order valence-corrected chi connectivity index (χ4v) is 1.77. The number of amides is 2. The van der Waals surface area contributed by atoms with Gasteiger partial charge < -0.3 is 20.5 Å². The molecule has 3 N–H and O–H groups in total. The third kappa shape index (κ3) is 3.23. The highest BCUT2D eigenvalue weighted by atomic mass is 16.4. The Morgan fingerprint density at radius 2 is 2.47 bits per heavy atom. The van der Waals surface area contributed by atoms with Crippen LogP contribution in [0.2, 0.25) is 0 Å². The molecule has 1 aliphatic heterocycles. The van der Waals surface area contributed by atoms with E-state index in [2.05, 4.69) is 10.6 Å². The largest absolute Gasteiger partial charge is 0.465 e. The molecule has 3 atom stereocenters. The van der Waals surface area contributed by atoms with Crippen LogP contribution in [0.25, 0.3) is 0 Å². The number of nitrogens with one attached hydrogen (secondary N) is 2. The van der Waals surface area contributed by atoms with Crippen molar-refractivity contribution in [3.05, 3.63) is 0 Å². The van der Waals surface area contributed by atoms with Crippen molar-refractivity contribution in [3.63, 3.8) is 0 Å². The van der Waals surface area contributed by atoms with Crippen LogP contribution in [0.1, 0.15) is 19.8 Å². The molecule has 1 saturated heterocycles. The molecule has 84 valence electrons. The summed E-state index contributed by atoms with van der Waals surface area (Å²) in [6.45, 7) is 1.87. The molecule has 0 unspecified atom stereocenters. The van der Waals surface area contributed by atoms with E-state index in [4.69, 9.17) is 5.11 Å². The second-order valence-corrected chi connectivity index (χ2v) is 3.77. The summed E-state index contributed by atoms with van der Waals surface area (Å²) < 4.78 is 0. The van der Waals surface area contributed by atoms with Crippen LogP contribution in [0.15, 0.2) is 0 Å². The predicted molar refractivity (Wildman–Crippen MR) is 51.3 cm³/mol. The quantitative estimate of drug-likeness (QED) is 0.561. The van der Waals surface area contributed by atoms with E-state index >= 15 is 0 Å². The van der Waals surface area contributed by atoms with Gasteiger partial charge >= 0.3 is 6.09 Å². The Bertz CT molecular complexity index is 279. The average Bonchev–Trinajstić information content (AvgIpc) is 2.43. The highest BCUT2D eigenvalue weighted by Crippen LogP contribution is 2.19. The molecular weight excluding hydrogens is 200 g/mol. The third-order valence-corrected chi connectivity index (χ3v) is 2.41. The zero-order valence-corrected chi connectivity index (χ0v) is 8.40. The van der Waals surface area contributed by atoms with Gasteiger partial charge in [-0.15, -0.1) is 0 Å². The minimum atomic E-state index is -1.25. The van der Waals surface area contributed by atoms with Crippen LogP contribution in [0, 0.1) is 5.92 Å². The van der Waals surface area contributed by atoms with Gasteiger partial charge in [-0.3, -0.25) is 4.79 Å². The molecule has 1 rings (SSSR count). The normalized spacial score (nSPS) is 26.9. The molecule has 1 heterocycles. The van der Waals surface area contributed by atoms with E-state index < -0.39 is 12.1 Å². The van der Waals surface area contributed by atoms with Gasteiger partial charge in [0.25, 0.3) is 0 Å². The van der Waals surface area contributed by atoms with Gasteiger partial charge in [-0.05, 0) is 19.8 Å². The first-order valence-electron chi connectivity index (χ1n) is 4.78. The number of rotatable bonds is 4. The van der Waals surface area contributed by atoms with E-state index in [0.29, 0.717) is 12.7 Å². The molecule has 0 aromatic carbocycles. The standard InChI is InChI=1S/C9H14N2O4/c1-5-2-6(8(13)10-5)3-7(4-12)11-9(14)15/h4-7,11H,2-3H2,1H3,(H,10,13)(H,14,15)/t5-,6+,7+/m1/s1. The van der Waals surface area contributed by atoms with Crippen molar-refractivity contribution in [1.82, 2.24) is 10.6 Å². The van der Waals surface area contributed by atoms with Crippen molar-refractivity contribution < 1.29 is 19.5 Å². The van der Waals surface area contributed by atoms with Crippen LogP contribution in [-0.4, -0.2) is 35.5 Å². The Kier molecular flexibility index (Phi) is 3.65. The van der Waals surface area contributed by atoms with Gasteiger partial charge in [0.1, 0.15) is 6.29 Å². The molecular formula is C9H14N2O4. The molecule has 0 bridgehead atoms. The van der Waals surface area contributed by atoms with Crippen molar-refractivity contribution in [2.24, 2.45) is 5.92 Å². The van der Waals surface area contributed by atoms with Crippen molar-refractivity contribution in [2.75, 3.05) is 0 Å². The van der Waals surface area contributed by atoms with E-state index in [9.17, 15) is 14.4 Å². The molecule has 0 spiro atoms. The molecule has 0 aliphatic carbocycles. The molecule has 1 fully saturated rings. The fourth-order valence-electron chi connectivity index (χ4n) is 1.77. The Labute approximate surface area is 87.0 Å². The maximum absolute atomic E-state index is 11.3. The van der Waals surface area contributed by atoms with E-state index in [0.717, 1.165) is 0 Å². The minimum Gasteiger partial charge on any atom is -0.465 e. The maximum Gasteiger partial charge on any atom is 0.405 e. The summed E-state index contributed by atoms with van der Waals surface area (Å²) in [5, 5.41) is 13.2. The number of carboxylic acid groups (broad SMARTS) is 1. The van der Waals surface area contributed by atoms with Gasteiger partial charge in [0, 0.05) is 12.0 Å². The van der Waals surface area contributed by atoms with Gasteiger partial charge in [0.2, 0.25) is 5.91 Å². The summed E-state index contributed by atoms with van der Waals surface area (Å²) in [7, 11) is 0. The molecule has 2 amide bonds. The summed E-state index contributed by atoms with van der Waals surface area (Å²) in [4.78, 5) is 32.2. The second-order valence-electron chi connectivity index (χ2n) is 3.77. The first kappa shape index (κ1) is 11.5. The van der Waals surface area contributed by atoms with Crippen molar-refractivity contribution in [3.8, 4) is 0 Å². The lowest BCUT2D eigenvalue weighted by molar-refractivity contribution is -0.123. The number of carbonyl (C=O) groups excluding carboxylic acids is 2. The van der Waals surface area contributed by atoms with Crippen LogP contribution in [0.4, 0.5) is 4.79 Å². The van der Waals surface area contributed by atoms with Crippen LogP contribution in [0.5, 0.6) is 0 Å². The Balaban J connectivity index is 2.48. The van der Waals surface area contributed by atoms with Gasteiger partial charge in [0.05, 0.1) is 6.04 Å². The van der Waals surface area contributed by atoms with Crippen molar-refractivity contribution in [1.29, 1.82) is 0 Å². The monoisotopic (exact) mass is 214 g/mol. The van der Waals surface area contributed by atoms with Gasteiger partial charge in [-0.25, -0.2) is 4.79 Å². The Morgan fingerprint density at radius 1 is 1.80 bits per heavy atom. The number of hydrogen-bond donors (Lipinski definition) is 3. The minimum absolute atomic E-state index is 0.0969. The van der Waals surface area contributed by atoms with E-state index in [1.807, 2.05) is 6.92 Å². The van der Waals surface area contributed by atoms with Gasteiger partial charge in [0.15, 0.2) is 0 Å². The summed E-state index contributed by atoms with van der Waals surface area (Å²) in [6.07, 6.45) is 0.138. The predicted octanol–water partition coefficient (Wildman–Crippen LogP) is -0.264. The smallest absolute Gasteiger partial charge is 0.405 e. The van der Waals surface area contributed by atoms with Gasteiger partial charge in [-0.1, -0.05) is 0 Å². The SMILES string of the molecule is C[C@@H]1C[C@@H](C[C@@H](C=O)NC(=O)O)C(=O)N1. The summed E-state index contributed by atoms with van der Waals surface area (Å²) in [5.74, 6) is -0.386. The molecule has 1 aliphatic rings. The fraction of sp³-hybridized carbons (Fsp3) is 0.667. The lowest BCUT2D eigenvalue weighted by Crippen LogP contribution is -2.37. The number of hydrogen-bond acceptors (Lipinski definition) is 3. The van der Waals surface area contributed by atoms with Gasteiger partial charge in [-0.2, -0.15) is 0 Å². The summed E-state index contributed by atoms with van der Waals surface area (Å²) >= 11 is 0. The lowest BCUT2D eigenvalue weighted by atomic mass is 9.97. The molecule has 0 radical (unpaired) electrons. The van der Waals surface area contributed by atoms with Crippen LogP contribution in [-0.2, 0) is 9.59 Å². The molecule has 0 aromatic rings. The molecule has 0 saturated carbocycles. The Hall–Kier alpha value is -1.59. The molecule has 6 nitrogen and oxygen atoms in total. The van der Waals surface area contributed by atoms with E-state index in [-0.39, 0.29) is 24.3 Å². The van der Waals surface area contributed by atoms with E-state index in [1.54, 1.807) is 0 Å². The number of aldehydes is 1. The zero-order chi connectivity index (χ0) is 11.4. The first-order valence-corrected chi connectivity index (χ1v) is 4.78. The maximum atomic E-state index is 11.3. The molecule has 0 aromatic heterocycles. The van der Waals surface area contributed by atoms with E-state index in [1.165, 1.54) is 0 Å². The third-order valence-electron chi connectivity index (χ3n) is 2.41. The summed E-state index contributed by atoms with van der Waals surface area (Å²) in [5.41, 5.74) is 0. The topological polar surface area (TPSA) is 95.5 Å². The van der Waals surface area contributed by atoms with Crippen LogP contribution >= 0.6 is 0 Å². The zero-order valence-electron chi connectivity index (χ0n) is 8.40. The van der Waals surface area contributed by atoms with Crippen molar-refractivity contribution >= 4 is 18.3 Å². The molecule has 6 heteroatoms. The summed E-state index contributed by atoms with van der Waals surface area (Å²) in [6, 6.07) is -0.705. The van der Waals surface area contributed by atoms with Crippen molar-refractivity contribution in [2.45, 2.75) is 31.8 Å². The lowest BCUT2D eigenvalue weighted by Gasteiger charge is -2.13. The second kappa shape index (κ2) is 4.77. The molecule has 15 heavy (non-hydrogen) atoms. The van der Waals surface area contributed by atoms with Crippen LogP contribution < -0.4 is 10.6 Å². The van der Waals surface area contributed by atoms with Crippen LogP contribution in [0.3, 0.4) is 0 Å². The number of carbonyl (C=O) groups is 3. The Morgan fingerprint density at radius 3 is 2.87 bits per heavy atom. The average molecular weight is 214 g/mol. The highest BCUT2D eigenvalue weighted by Gasteiger charge is 2.31.